The summed E-state index contributed by atoms with van der Waals surface area (Å²) in [4.78, 5) is 14.1. The van der Waals surface area contributed by atoms with E-state index in [-0.39, 0.29) is 18.1 Å². The van der Waals surface area contributed by atoms with Crippen LogP contribution in [0, 0.1) is 0 Å². The second kappa shape index (κ2) is 8.48. The Bertz CT molecular complexity index is 243. The van der Waals surface area contributed by atoms with Gasteiger partial charge in [-0.2, -0.15) is 0 Å². The third-order valence-electron chi connectivity index (χ3n) is 3.44. The highest BCUT2D eigenvalue weighted by atomic mass is 16.5. The number of likely N-dealkylation sites (tertiary alicyclic amines) is 1. The van der Waals surface area contributed by atoms with E-state index in [4.69, 9.17) is 4.74 Å². The minimum atomic E-state index is -0.327. The standard InChI is InChI=1S/C14H27NO3/c1-3-18-10-6-8-14(17)15-9-5-4-7-13(15)11-12(2)16/h12-13,16H,3-11H2,1-2H3. The highest BCUT2D eigenvalue weighted by molar-refractivity contribution is 5.76. The van der Waals surface area contributed by atoms with Gasteiger partial charge in [-0.15, -0.1) is 0 Å². The second-order valence-corrected chi connectivity index (χ2v) is 5.12. The van der Waals surface area contributed by atoms with Gasteiger partial charge in [-0.1, -0.05) is 0 Å². The second-order valence-electron chi connectivity index (χ2n) is 5.12. The number of rotatable bonds is 7. The summed E-state index contributed by atoms with van der Waals surface area (Å²) in [7, 11) is 0. The van der Waals surface area contributed by atoms with Crippen LogP contribution < -0.4 is 0 Å². The highest BCUT2D eigenvalue weighted by Crippen LogP contribution is 2.22. The Kier molecular flexibility index (Phi) is 7.28. The first-order valence-corrected chi connectivity index (χ1v) is 7.20. The molecule has 0 bridgehead atoms. The van der Waals surface area contributed by atoms with Crippen molar-refractivity contribution in [2.24, 2.45) is 0 Å². The molecule has 1 fully saturated rings. The van der Waals surface area contributed by atoms with E-state index >= 15 is 0 Å². The summed E-state index contributed by atoms with van der Waals surface area (Å²) in [6.45, 7) is 5.99. The Labute approximate surface area is 110 Å². The number of carbonyl (C=O) groups excluding carboxylic acids is 1. The van der Waals surface area contributed by atoms with Gasteiger partial charge in [0.05, 0.1) is 6.10 Å². The number of piperidine rings is 1. The zero-order valence-electron chi connectivity index (χ0n) is 11.7. The molecule has 1 saturated heterocycles. The molecule has 2 unspecified atom stereocenters. The summed E-state index contributed by atoms with van der Waals surface area (Å²) < 4.78 is 5.25. The summed E-state index contributed by atoms with van der Waals surface area (Å²) in [5, 5.41) is 9.49. The lowest BCUT2D eigenvalue weighted by Crippen LogP contribution is -2.45. The minimum Gasteiger partial charge on any atom is -0.393 e. The van der Waals surface area contributed by atoms with Crippen LogP contribution in [-0.2, 0) is 9.53 Å². The fourth-order valence-electron chi connectivity index (χ4n) is 2.58. The molecule has 0 spiro atoms. The topological polar surface area (TPSA) is 49.8 Å². The Balaban J connectivity index is 2.37. The first kappa shape index (κ1) is 15.4. The van der Waals surface area contributed by atoms with E-state index in [9.17, 15) is 9.90 Å². The van der Waals surface area contributed by atoms with Crippen LogP contribution in [0.5, 0.6) is 0 Å². The molecule has 0 aromatic carbocycles. The molecule has 106 valence electrons. The number of nitrogens with zero attached hydrogens (tertiary/aromatic N) is 1. The van der Waals surface area contributed by atoms with E-state index in [0.29, 0.717) is 26.1 Å². The minimum absolute atomic E-state index is 0.222. The van der Waals surface area contributed by atoms with Gasteiger partial charge in [-0.25, -0.2) is 0 Å². The number of carbonyl (C=O) groups is 1. The van der Waals surface area contributed by atoms with E-state index in [1.807, 2.05) is 11.8 Å². The van der Waals surface area contributed by atoms with Crippen LogP contribution in [0.4, 0.5) is 0 Å². The van der Waals surface area contributed by atoms with Crippen molar-refractivity contribution in [1.29, 1.82) is 0 Å². The maximum Gasteiger partial charge on any atom is 0.222 e. The first-order chi connectivity index (χ1) is 8.65. The third-order valence-corrected chi connectivity index (χ3v) is 3.44. The molecule has 0 aromatic rings. The molecule has 1 N–H and O–H groups in total. The zero-order valence-corrected chi connectivity index (χ0v) is 11.7. The molecular formula is C14H27NO3. The average Bonchev–Trinajstić information content (AvgIpc) is 2.34. The van der Waals surface area contributed by atoms with Gasteiger partial charge in [-0.05, 0) is 46.0 Å². The monoisotopic (exact) mass is 257 g/mol. The quantitative estimate of drug-likeness (QED) is 0.709. The van der Waals surface area contributed by atoms with Crippen molar-refractivity contribution in [2.45, 2.75) is 64.5 Å². The molecule has 1 aliphatic rings. The highest BCUT2D eigenvalue weighted by Gasteiger charge is 2.26. The number of hydrogen-bond donors (Lipinski definition) is 1. The molecule has 0 radical (unpaired) electrons. The normalized spacial score (nSPS) is 21.9. The lowest BCUT2D eigenvalue weighted by atomic mass is 9.96. The van der Waals surface area contributed by atoms with E-state index in [2.05, 4.69) is 0 Å². The third kappa shape index (κ3) is 5.36. The van der Waals surface area contributed by atoms with Crippen LogP contribution >= 0.6 is 0 Å². The van der Waals surface area contributed by atoms with Crippen LogP contribution in [0.25, 0.3) is 0 Å². The van der Waals surface area contributed by atoms with Crippen LogP contribution in [-0.4, -0.2) is 47.8 Å². The fourth-order valence-corrected chi connectivity index (χ4v) is 2.58. The molecule has 0 aliphatic carbocycles. The number of aliphatic hydroxyl groups excluding tert-OH is 1. The SMILES string of the molecule is CCOCCCC(=O)N1CCCCC1CC(C)O. The Morgan fingerprint density at radius 1 is 1.50 bits per heavy atom. The average molecular weight is 257 g/mol. The Hall–Kier alpha value is -0.610. The van der Waals surface area contributed by atoms with Gasteiger partial charge in [0.1, 0.15) is 0 Å². The summed E-state index contributed by atoms with van der Waals surface area (Å²) in [5.74, 6) is 0.222. The van der Waals surface area contributed by atoms with Gasteiger partial charge in [0.15, 0.2) is 0 Å². The fraction of sp³-hybridized carbons (Fsp3) is 0.929. The van der Waals surface area contributed by atoms with Crippen LogP contribution in [0.3, 0.4) is 0 Å². The molecule has 4 nitrogen and oxygen atoms in total. The smallest absolute Gasteiger partial charge is 0.222 e. The number of ether oxygens (including phenoxy) is 1. The predicted molar refractivity (Wildman–Crippen MR) is 71.4 cm³/mol. The van der Waals surface area contributed by atoms with Gasteiger partial charge < -0.3 is 14.7 Å². The van der Waals surface area contributed by atoms with Gasteiger partial charge in [0.25, 0.3) is 0 Å². The van der Waals surface area contributed by atoms with E-state index in [0.717, 1.165) is 25.8 Å². The van der Waals surface area contributed by atoms with Crippen LogP contribution in [0.2, 0.25) is 0 Å². The van der Waals surface area contributed by atoms with Crippen molar-refractivity contribution in [2.75, 3.05) is 19.8 Å². The molecule has 0 saturated carbocycles. The van der Waals surface area contributed by atoms with Gasteiger partial charge >= 0.3 is 0 Å². The van der Waals surface area contributed by atoms with Crippen molar-refractivity contribution in [3.8, 4) is 0 Å². The first-order valence-electron chi connectivity index (χ1n) is 7.20. The predicted octanol–water partition coefficient (Wildman–Crippen LogP) is 1.96. The van der Waals surface area contributed by atoms with Crippen molar-refractivity contribution in [1.82, 2.24) is 4.90 Å². The molecular weight excluding hydrogens is 230 g/mol. The molecule has 1 rings (SSSR count). The Morgan fingerprint density at radius 2 is 2.28 bits per heavy atom. The molecule has 0 aromatic heterocycles. The number of aliphatic hydroxyl groups is 1. The molecule has 1 amide bonds. The van der Waals surface area contributed by atoms with Crippen molar-refractivity contribution < 1.29 is 14.6 Å². The molecule has 4 heteroatoms. The van der Waals surface area contributed by atoms with Gasteiger partial charge in [0.2, 0.25) is 5.91 Å². The number of hydrogen-bond acceptors (Lipinski definition) is 3. The van der Waals surface area contributed by atoms with Gasteiger partial charge in [0, 0.05) is 32.2 Å². The van der Waals surface area contributed by atoms with E-state index < -0.39 is 0 Å². The van der Waals surface area contributed by atoms with E-state index in [1.165, 1.54) is 6.42 Å². The maximum atomic E-state index is 12.1. The van der Waals surface area contributed by atoms with E-state index in [1.54, 1.807) is 6.92 Å². The molecule has 1 heterocycles. The largest absolute Gasteiger partial charge is 0.393 e. The van der Waals surface area contributed by atoms with Crippen LogP contribution in [0.1, 0.15) is 52.4 Å². The maximum absolute atomic E-state index is 12.1. The van der Waals surface area contributed by atoms with Crippen molar-refractivity contribution in [3.05, 3.63) is 0 Å². The lowest BCUT2D eigenvalue weighted by Gasteiger charge is -2.36. The van der Waals surface area contributed by atoms with Gasteiger partial charge in [-0.3, -0.25) is 4.79 Å². The summed E-state index contributed by atoms with van der Waals surface area (Å²) in [6, 6.07) is 0.235. The lowest BCUT2D eigenvalue weighted by molar-refractivity contribution is -0.135. The molecule has 1 aliphatic heterocycles. The molecule has 2 atom stereocenters. The summed E-state index contributed by atoms with van der Waals surface area (Å²) in [5.41, 5.74) is 0. The zero-order chi connectivity index (χ0) is 13.4. The Morgan fingerprint density at radius 3 is 2.94 bits per heavy atom. The summed E-state index contributed by atoms with van der Waals surface area (Å²) >= 11 is 0. The van der Waals surface area contributed by atoms with Crippen molar-refractivity contribution in [3.63, 3.8) is 0 Å². The van der Waals surface area contributed by atoms with Crippen LogP contribution in [0.15, 0.2) is 0 Å². The summed E-state index contributed by atoms with van der Waals surface area (Å²) in [6.07, 6.45) is 5.03. The van der Waals surface area contributed by atoms with Crippen molar-refractivity contribution >= 4 is 5.91 Å². The number of amides is 1. The molecule has 18 heavy (non-hydrogen) atoms.